The van der Waals surface area contributed by atoms with E-state index in [2.05, 4.69) is 17.6 Å². The van der Waals surface area contributed by atoms with E-state index in [-0.39, 0.29) is 35.5 Å². The van der Waals surface area contributed by atoms with E-state index >= 15 is 0 Å². The first kappa shape index (κ1) is 31.8. The van der Waals surface area contributed by atoms with E-state index < -0.39 is 17.9 Å². The number of hydrogen-bond donors (Lipinski definition) is 3. The summed E-state index contributed by atoms with van der Waals surface area (Å²) in [7, 11) is 0. The van der Waals surface area contributed by atoms with Gasteiger partial charge in [-0.05, 0) is 36.2 Å². The first-order valence-electron chi connectivity index (χ1n) is 14.0. The van der Waals surface area contributed by atoms with Crippen LogP contribution in [0.3, 0.4) is 0 Å². The molecule has 9 nitrogen and oxygen atoms in total. The summed E-state index contributed by atoms with van der Waals surface area (Å²) in [5.74, 6) is -1.23. The van der Waals surface area contributed by atoms with Crippen molar-refractivity contribution >= 4 is 23.5 Å². The van der Waals surface area contributed by atoms with Gasteiger partial charge in [0, 0.05) is 12.8 Å². The zero-order valence-corrected chi connectivity index (χ0v) is 22.9. The minimum Gasteiger partial charge on any atom is -0.733 e. The number of carbonyl (C=O) groups is 3. The van der Waals surface area contributed by atoms with Crippen LogP contribution in [-0.2, 0) is 20.8 Å². The number of anilines is 1. The third kappa shape index (κ3) is 13.8. The van der Waals surface area contributed by atoms with Crippen LogP contribution in [0.15, 0.2) is 54.6 Å². The molecule has 0 bridgehead atoms. The van der Waals surface area contributed by atoms with E-state index in [1.165, 1.54) is 69.2 Å². The lowest BCUT2D eigenvalue weighted by Gasteiger charge is -2.22. The van der Waals surface area contributed by atoms with Crippen molar-refractivity contribution in [2.75, 3.05) is 11.8 Å². The summed E-state index contributed by atoms with van der Waals surface area (Å²) in [6.07, 6.45) is 12.4. The number of amides is 2. The van der Waals surface area contributed by atoms with E-state index in [9.17, 15) is 19.6 Å². The SMILES string of the molecule is CCCCCCCCCCCCC(=O)NCC(=O)NC(Cc1ccccc1)C(=O)Oc1ccc(N([O-])O)cc1. The molecule has 39 heavy (non-hydrogen) atoms. The lowest BCUT2D eigenvalue weighted by atomic mass is 10.1. The first-order valence-corrected chi connectivity index (χ1v) is 14.0. The largest absolute Gasteiger partial charge is 0.733 e. The molecule has 0 aromatic heterocycles. The molecule has 3 N–H and O–H groups in total. The molecule has 2 aromatic carbocycles. The summed E-state index contributed by atoms with van der Waals surface area (Å²) < 4.78 is 5.38. The number of rotatable bonds is 19. The maximum Gasteiger partial charge on any atom is 0.334 e. The Hall–Kier alpha value is -3.43. The highest BCUT2D eigenvalue weighted by atomic mass is 16.8. The summed E-state index contributed by atoms with van der Waals surface area (Å²) in [6, 6.07) is 13.5. The Morgan fingerprint density at radius 1 is 0.846 bits per heavy atom. The molecule has 2 amide bonds. The maximum absolute atomic E-state index is 12.9. The number of nitrogens with one attached hydrogen (secondary N) is 2. The quantitative estimate of drug-likeness (QED) is 0.0936. The number of unbranched alkanes of at least 4 members (excludes halogenated alkanes) is 9. The molecule has 0 saturated carbocycles. The predicted molar refractivity (Wildman–Crippen MR) is 151 cm³/mol. The van der Waals surface area contributed by atoms with Crippen LogP contribution in [0.5, 0.6) is 5.75 Å². The van der Waals surface area contributed by atoms with Gasteiger partial charge >= 0.3 is 5.97 Å². The molecule has 0 fully saturated rings. The van der Waals surface area contributed by atoms with Crippen LogP contribution >= 0.6 is 0 Å². The molecule has 0 heterocycles. The van der Waals surface area contributed by atoms with Crippen molar-refractivity contribution < 1.29 is 24.3 Å². The van der Waals surface area contributed by atoms with Gasteiger partial charge in [0.15, 0.2) is 0 Å². The third-order valence-electron chi connectivity index (χ3n) is 6.38. The van der Waals surface area contributed by atoms with Crippen LogP contribution in [-0.4, -0.2) is 35.6 Å². The third-order valence-corrected chi connectivity index (χ3v) is 6.38. The van der Waals surface area contributed by atoms with Gasteiger partial charge in [-0.1, -0.05) is 95.0 Å². The number of ether oxygens (including phenoxy) is 1. The average molecular weight is 541 g/mol. The lowest BCUT2D eigenvalue weighted by Crippen LogP contribution is -2.48. The van der Waals surface area contributed by atoms with Crippen LogP contribution in [0.25, 0.3) is 0 Å². The van der Waals surface area contributed by atoms with Crippen LogP contribution in [0.1, 0.15) is 83.1 Å². The fraction of sp³-hybridized carbons (Fsp3) is 0.500. The highest BCUT2D eigenvalue weighted by molar-refractivity contribution is 5.89. The van der Waals surface area contributed by atoms with Gasteiger partial charge in [-0.25, -0.2) is 4.79 Å². The molecule has 0 aliphatic rings. The minimum atomic E-state index is -0.993. The predicted octanol–water partition coefficient (Wildman–Crippen LogP) is 5.44. The van der Waals surface area contributed by atoms with Crippen LogP contribution in [0.4, 0.5) is 5.69 Å². The van der Waals surface area contributed by atoms with Gasteiger partial charge in [0.1, 0.15) is 11.8 Å². The van der Waals surface area contributed by atoms with E-state index in [0.29, 0.717) is 6.42 Å². The van der Waals surface area contributed by atoms with Gasteiger partial charge in [-0.2, -0.15) is 0 Å². The molecular weight excluding hydrogens is 498 g/mol. The topological polar surface area (TPSA) is 131 Å². The molecule has 1 atom stereocenters. The zero-order chi connectivity index (χ0) is 28.3. The van der Waals surface area contributed by atoms with E-state index in [1.54, 1.807) is 0 Å². The molecule has 0 aliphatic carbocycles. The normalized spacial score (nSPS) is 11.5. The monoisotopic (exact) mass is 540 g/mol. The molecule has 2 aromatic rings. The van der Waals surface area contributed by atoms with Crippen molar-refractivity contribution in [3.63, 3.8) is 0 Å². The summed E-state index contributed by atoms with van der Waals surface area (Å²) in [4.78, 5) is 37.6. The Balaban J connectivity index is 1.75. The van der Waals surface area contributed by atoms with E-state index in [0.717, 1.165) is 24.8 Å². The zero-order valence-electron chi connectivity index (χ0n) is 22.9. The molecule has 2 rings (SSSR count). The molecule has 0 spiro atoms. The van der Waals surface area contributed by atoms with Crippen molar-refractivity contribution in [3.05, 3.63) is 65.4 Å². The summed E-state index contributed by atoms with van der Waals surface area (Å²) in [6.45, 7) is 1.98. The van der Waals surface area contributed by atoms with Crippen LogP contribution in [0, 0.1) is 5.21 Å². The van der Waals surface area contributed by atoms with Crippen LogP contribution in [0.2, 0.25) is 0 Å². The smallest absolute Gasteiger partial charge is 0.334 e. The van der Waals surface area contributed by atoms with Crippen molar-refractivity contribution in [2.45, 2.75) is 90.0 Å². The van der Waals surface area contributed by atoms with Crippen LogP contribution < -0.4 is 20.6 Å². The van der Waals surface area contributed by atoms with E-state index in [4.69, 9.17) is 9.94 Å². The molecule has 0 aliphatic heterocycles. The van der Waals surface area contributed by atoms with E-state index in [1.807, 2.05) is 30.3 Å². The standard InChI is InChI=1S/C30H42N3O6/c1-2-3-4-5-6-7-8-9-10-14-17-28(34)31-23-29(35)32-27(22-24-15-12-11-13-16-24)30(36)39-26-20-18-25(19-21-26)33(37)38/h11-13,15-16,18-21,27,37H,2-10,14,17,22-23H2,1H3,(H,31,34)(H,32,35)/q-1. The summed E-state index contributed by atoms with van der Waals surface area (Å²) >= 11 is 0. The second-order valence-electron chi connectivity index (χ2n) is 9.71. The van der Waals surface area contributed by atoms with Gasteiger partial charge in [0.2, 0.25) is 11.8 Å². The second kappa shape index (κ2) is 18.8. The molecule has 0 radical (unpaired) electrons. The van der Waals surface area contributed by atoms with Gasteiger partial charge in [-0.3, -0.25) is 14.8 Å². The van der Waals surface area contributed by atoms with Crippen molar-refractivity contribution in [1.29, 1.82) is 0 Å². The Kier molecular flexibility index (Phi) is 15.3. The average Bonchev–Trinajstić information content (AvgIpc) is 2.93. The van der Waals surface area contributed by atoms with Crippen molar-refractivity contribution in [2.24, 2.45) is 0 Å². The molecule has 0 saturated heterocycles. The number of benzene rings is 2. The molecule has 1 unspecified atom stereocenters. The Morgan fingerprint density at radius 2 is 1.44 bits per heavy atom. The number of esters is 1. The van der Waals surface area contributed by atoms with Gasteiger partial charge < -0.3 is 25.8 Å². The molecular formula is C30H42N3O6-. The summed E-state index contributed by atoms with van der Waals surface area (Å²) in [5, 5.41) is 24.9. The highest BCUT2D eigenvalue weighted by Crippen LogP contribution is 2.18. The second-order valence-corrected chi connectivity index (χ2v) is 9.71. The maximum atomic E-state index is 12.9. The van der Waals surface area contributed by atoms with Crippen molar-refractivity contribution in [3.8, 4) is 5.75 Å². The number of carbonyl (C=O) groups excluding carboxylic acids is 3. The van der Waals surface area contributed by atoms with Gasteiger partial charge in [0.05, 0.1) is 12.2 Å². The lowest BCUT2D eigenvalue weighted by molar-refractivity contribution is -0.139. The van der Waals surface area contributed by atoms with Gasteiger partial charge in [-0.15, -0.1) is 0 Å². The minimum absolute atomic E-state index is 0.0162. The molecule has 214 valence electrons. The Bertz CT molecular complexity index is 982. The highest BCUT2D eigenvalue weighted by Gasteiger charge is 2.23. The Morgan fingerprint density at radius 3 is 2.03 bits per heavy atom. The fourth-order valence-electron chi connectivity index (χ4n) is 4.16. The number of nitrogens with zero attached hydrogens (tertiary/aromatic N) is 1. The molecule has 9 heteroatoms. The number of hydrogen-bond acceptors (Lipinski definition) is 7. The van der Waals surface area contributed by atoms with Crippen molar-refractivity contribution in [1.82, 2.24) is 10.6 Å². The van der Waals surface area contributed by atoms with Gasteiger partial charge in [0.25, 0.3) is 0 Å². The fourth-order valence-corrected chi connectivity index (χ4v) is 4.16. The first-order chi connectivity index (χ1) is 18.9. The Labute approximate surface area is 231 Å². The summed E-state index contributed by atoms with van der Waals surface area (Å²) in [5.41, 5.74) is 0.805.